The van der Waals surface area contributed by atoms with Crippen LogP contribution in [0.1, 0.15) is 36.5 Å². The molecule has 98 valence electrons. The molecule has 1 aromatic rings. The molecule has 0 unspecified atom stereocenters. The Morgan fingerprint density at radius 2 is 2.00 bits per heavy atom. The maximum absolute atomic E-state index is 12.4. The Morgan fingerprint density at radius 1 is 1.33 bits per heavy atom. The van der Waals surface area contributed by atoms with Crippen molar-refractivity contribution in [1.29, 1.82) is 0 Å². The first kappa shape index (κ1) is 13.2. The summed E-state index contributed by atoms with van der Waals surface area (Å²) < 4.78 is 26.1. The summed E-state index contributed by atoms with van der Waals surface area (Å²) in [5.41, 5.74) is 0.429. The summed E-state index contributed by atoms with van der Waals surface area (Å²) in [6.45, 7) is 1.43. The Morgan fingerprint density at radius 3 is 2.50 bits per heavy atom. The number of Topliss-reactive ketones (excluding diaryl/α,β-unsaturated/α-hetero) is 1. The molecular formula is C13H17NO3S. The largest absolute Gasteiger partial charge is 0.295 e. The van der Waals surface area contributed by atoms with Crippen molar-refractivity contribution in [3.63, 3.8) is 0 Å². The third-order valence-electron chi connectivity index (χ3n) is 3.51. The van der Waals surface area contributed by atoms with E-state index in [9.17, 15) is 13.2 Å². The van der Waals surface area contributed by atoms with Gasteiger partial charge in [-0.05, 0) is 31.9 Å². The number of benzene rings is 1. The van der Waals surface area contributed by atoms with E-state index in [0.29, 0.717) is 5.56 Å². The van der Waals surface area contributed by atoms with Crippen LogP contribution in [0.2, 0.25) is 0 Å². The molecule has 2 rings (SSSR count). The van der Waals surface area contributed by atoms with Crippen LogP contribution in [-0.4, -0.2) is 31.6 Å². The molecule has 0 heterocycles. The molecule has 1 aliphatic rings. The van der Waals surface area contributed by atoms with Gasteiger partial charge in [-0.1, -0.05) is 18.6 Å². The predicted octanol–water partition coefficient (Wildman–Crippen LogP) is 2.06. The normalized spacial score (nSPS) is 16.6. The highest BCUT2D eigenvalue weighted by Crippen LogP contribution is 2.28. The van der Waals surface area contributed by atoms with Gasteiger partial charge < -0.3 is 0 Å². The highest BCUT2D eigenvalue weighted by Gasteiger charge is 2.31. The van der Waals surface area contributed by atoms with Gasteiger partial charge in [-0.2, -0.15) is 4.31 Å². The number of hydrogen-bond acceptors (Lipinski definition) is 3. The van der Waals surface area contributed by atoms with Crippen molar-refractivity contribution in [2.24, 2.45) is 0 Å². The van der Waals surface area contributed by atoms with Gasteiger partial charge in [0.25, 0.3) is 0 Å². The second-order valence-electron chi connectivity index (χ2n) is 4.69. The molecule has 0 aliphatic heterocycles. The summed E-state index contributed by atoms with van der Waals surface area (Å²) in [7, 11) is -1.86. The molecule has 18 heavy (non-hydrogen) atoms. The van der Waals surface area contributed by atoms with Crippen LogP contribution in [0.4, 0.5) is 0 Å². The molecule has 0 atom stereocenters. The van der Waals surface area contributed by atoms with Crippen molar-refractivity contribution in [1.82, 2.24) is 4.31 Å². The summed E-state index contributed by atoms with van der Waals surface area (Å²) in [4.78, 5) is 11.5. The van der Waals surface area contributed by atoms with Gasteiger partial charge in [0.2, 0.25) is 10.0 Å². The first-order chi connectivity index (χ1) is 8.43. The van der Waals surface area contributed by atoms with Crippen LogP contribution < -0.4 is 0 Å². The third-order valence-corrected chi connectivity index (χ3v) is 5.41. The fourth-order valence-electron chi connectivity index (χ4n) is 1.99. The minimum absolute atomic E-state index is 0.107. The number of carbonyl (C=O) groups excluding carboxylic acids is 1. The van der Waals surface area contributed by atoms with E-state index in [2.05, 4.69) is 0 Å². The molecule has 0 spiro atoms. The first-order valence-corrected chi connectivity index (χ1v) is 7.46. The van der Waals surface area contributed by atoms with E-state index in [4.69, 9.17) is 0 Å². The van der Waals surface area contributed by atoms with Gasteiger partial charge in [0.15, 0.2) is 5.78 Å². The molecule has 1 aromatic carbocycles. The lowest BCUT2D eigenvalue weighted by Gasteiger charge is -2.33. The van der Waals surface area contributed by atoms with Crippen LogP contribution in [0.15, 0.2) is 29.2 Å². The lowest BCUT2D eigenvalue weighted by Crippen LogP contribution is -2.41. The first-order valence-electron chi connectivity index (χ1n) is 6.02. The number of nitrogens with zero attached hydrogens (tertiary/aromatic N) is 1. The average molecular weight is 267 g/mol. The molecule has 1 fully saturated rings. The van der Waals surface area contributed by atoms with E-state index in [1.807, 2.05) is 0 Å². The summed E-state index contributed by atoms with van der Waals surface area (Å²) in [6, 6.07) is 6.34. The van der Waals surface area contributed by atoms with Gasteiger partial charge >= 0.3 is 0 Å². The van der Waals surface area contributed by atoms with E-state index in [-0.39, 0.29) is 16.7 Å². The molecular weight excluding hydrogens is 250 g/mol. The van der Waals surface area contributed by atoms with Crippen LogP contribution in [0.5, 0.6) is 0 Å². The highest BCUT2D eigenvalue weighted by atomic mass is 32.2. The van der Waals surface area contributed by atoms with Gasteiger partial charge in [0.05, 0.1) is 4.90 Å². The second kappa shape index (κ2) is 4.82. The summed E-state index contributed by atoms with van der Waals surface area (Å²) in [5, 5.41) is 0. The Balaban J connectivity index is 2.34. The van der Waals surface area contributed by atoms with Crippen LogP contribution >= 0.6 is 0 Å². The minimum Gasteiger partial charge on any atom is -0.295 e. The maximum Gasteiger partial charge on any atom is 0.243 e. The Labute approximate surface area is 108 Å². The van der Waals surface area contributed by atoms with Gasteiger partial charge in [-0.3, -0.25) is 4.79 Å². The average Bonchev–Trinajstić information content (AvgIpc) is 2.26. The SMILES string of the molecule is CC(=O)c1cccc(S(=O)(=O)N(C)C2CCC2)c1. The Hall–Kier alpha value is -1.20. The lowest BCUT2D eigenvalue weighted by molar-refractivity contribution is 0.101. The van der Waals surface area contributed by atoms with Crippen molar-refractivity contribution in [3.8, 4) is 0 Å². The highest BCUT2D eigenvalue weighted by molar-refractivity contribution is 7.89. The smallest absolute Gasteiger partial charge is 0.243 e. The monoisotopic (exact) mass is 267 g/mol. The predicted molar refractivity (Wildman–Crippen MR) is 69.0 cm³/mol. The number of hydrogen-bond donors (Lipinski definition) is 0. The standard InChI is InChI=1S/C13H17NO3S/c1-10(15)11-5-3-8-13(9-11)18(16,17)14(2)12-6-4-7-12/h3,5,8-9,12H,4,6-7H2,1-2H3. The van der Waals surface area contributed by atoms with E-state index in [1.54, 1.807) is 19.2 Å². The van der Waals surface area contributed by atoms with Gasteiger partial charge in [-0.15, -0.1) is 0 Å². The van der Waals surface area contributed by atoms with E-state index in [1.165, 1.54) is 23.4 Å². The molecule has 0 bridgehead atoms. The Kier molecular flexibility index (Phi) is 3.54. The lowest BCUT2D eigenvalue weighted by atomic mass is 9.94. The summed E-state index contributed by atoms with van der Waals surface area (Å²) >= 11 is 0. The third kappa shape index (κ3) is 2.33. The molecule has 0 aromatic heterocycles. The molecule has 1 saturated carbocycles. The van der Waals surface area contributed by atoms with E-state index in [0.717, 1.165) is 19.3 Å². The maximum atomic E-state index is 12.4. The number of rotatable bonds is 4. The zero-order valence-electron chi connectivity index (χ0n) is 10.6. The van der Waals surface area contributed by atoms with Crippen LogP contribution in [0.3, 0.4) is 0 Å². The molecule has 0 radical (unpaired) electrons. The molecule has 5 heteroatoms. The fourth-order valence-corrected chi connectivity index (χ4v) is 3.45. The van der Waals surface area contributed by atoms with Crippen LogP contribution in [0, 0.1) is 0 Å². The van der Waals surface area contributed by atoms with Gasteiger partial charge in [0.1, 0.15) is 0 Å². The molecule has 0 N–H and O–H groups in total. The summed E-state index contributed by atoms with van der Waals surface area (Å²) in [5.74, 6) is -0.127. The zero-order chi connectivity index (χ0) is 13.3. The number of carbonyl (C=O) groups is 1. The molecule has 1 aliphatic carbocycles. The van der Waals surface area contributed by atoms with Crippen LogP contribution in [0.25, 0.3) is 0 Å². The second-order valence-corrected chi connectivity index (χ2v) is 6.69. The number of ketones is 1. The number of sulfonamides is 1. The zero-order valence-corrected chi connectivity index (χ0v) is 11.4. The van der Waals surface area contributed by atoms with Gasteiger partial charge in [0, 0.05) is 18.7 Å². The van der Waals surface area contributed by atoms with Crippen molar-refractivity contribution in [3.05, 3.63) is 29.8 Å². The topological polar surface area (TPSA) is 54.5 Å². The molecule has 0 saturated heterocycles. The van der Waals surface area contributed by atoms with E-state index >= 15 is 0 Å². The molecule has 4 nitrogen and oxygen atoms in total. The van der Waals surface area contributed by atoms with Crippen molar-refractivity contribution >= 4 is 15.8 Å². The summed E-state index contributed by atoms with van der Waals surface area (Å²) in [6.07, 6.45) is 2.92. The quantitative estimate of drug-likeness (QED) is 0.785. The Bertz CT molecular complexity index is 561. The minimum atomic E-state index is -3.47. The van der Waals surface area contributed by atoms with Crippen molar-refractivity contribution in [2.75, 3.05) is 7.05 Å². The molecule has 0 amide bonds. The van der Waals surface area contributed by atoms with Crippen molar-refractivity contribution in [2.45, 2.75) is 37.1 Å². The van der Waals surface area contributed by atoms with E-state index < -0.39 is 10.0 Å². The van der Waals surface area contributed by atoms with Gasteiger partial charge in [-0.25, -0.2) is 8.42 Å². The van der Waals surface area contributed by atoms with Crippen LogP contribution in [-0.2, 0) is 10.0 Å². The fraction of sp³-hybridized carbons (Fsp3) is 0.462. The van der Waals surface area contributed by atoms with Crippen molar-refractivity contribution < 1.29 is 13.2 Å².